The standard InChI is InChI=1S/C21H25N3O5S3/c1-2-31(26,27)13-16-12-30-19(22-16)9-10-32(28,29)24-21(25)23-20-17-7-3-5-14(17)11-15-6-4-8-18(15)20/h9-12H,2-8,13H2,1H3,(H2,23,24,25)/b10-9+. The van der Waals surface area contributed by atoms with Crippen LogP contribution in [0, 0.1) is 0 Å². The number of carbonyl (C=O) groups excluding carboxylic acids is 1. The number of hydrogen-bond acceptors (Lipinski definition) is 7. The van der Waals surface area contributed by atoms with Crippen LogP contribution in [0.25, 0.3) is 6.08 Å². The number of sulfonamides is 1. The van der Waals surface area contributed by atoms with Crippen LogP contribution in [-0.2, 0) is 51.3 Å². The first kappa shape index (κ1) is 22.9. The predicted octanol–water partition coefficient (Wildman–Crippen LogP) is 3.18. The lowest BCUT2D eigenvalue weighted by molar-refractivity contribution is 0.256. The van der Waals surface area contributed by atoms with Crippen molar-refractivity contribution >= 4 is 49.0 Å². The van der Waals surface area contributed by atoms with Gasteiger partial charge in [0, 0.05) is 16.8 Å². The number of hydrogen-bond donors (Lipinski definition) is 2. The van der Waals surface area contributed by atoms with Crippen molar-refractivity contribution in [3.05, 3.63) is 49.8 Å². The highest BCUT2D eigenvalue weighted by Crippen LogP contribution is 2.38. The van der Waals surface area contributed by atoms with Gasteiger partial charge in [0.2, 0.25) is 0 Å². The maximum absolute atomic E-state index is 12.5. The van der Waals surface area contributed by atoms with E-state index in [2.05, 4.69) is 16.4 Å². The molecule has 2 N–H and O–H groups in total. The van der Waals surface area contributed by atoms with E-state index in [4.69, 9.17) is 0 Å². The van der Waals surface area contributed by atoms with E-state index < -0.39 is 25.9 Å². The fraction of sp³-hybridized carbons (Fsp3) is 0.429. The summed E-state index contributed by atoms with van der Waals surface area (Å²) in [4.78, 5) is 16.6. The molecule has 0 saturated carbocycles. The number of amides is 2. The smallest absolute Gasteiger partial charge is 0.307 e. The van der Waals surface area contributed by atoms with E-state index in [9.17, 15) is 21.6 Å². The van der Waals surface area contributed by atoms with Gasteiger partial charge in [0.25, 0.3) is 10.0 Å². The van der Waals surface area contributed by atoms with Gasteiger partial charge in [-0.3, -0.25) is 0 Å². The van der Waals surface area contributed by atoms with Crippen molar-refractivity contribution in [2.24, 2.45) is 0 Å². The predicted molar refractivity (Wildman–Crippen MR) is 126 cm³/mol. The monoisotopic (exact) mass is 495 g/mol. The Morgan fingerprint density at radius 2 is 1.75 bits per heavy atom. The number of carbonyl (C=O) groups is 1. The second-order valence-electron chi connectivity index (χ2n) is 7.99. The minimum absolute atomic E-state index is 0.0109. The molecule has 0 atom stereocenters. The van der Waals surface area contributed by atoms with Gasteiger partial charge in [-0.15, -0.1) is 11.3 Å². The van der Waals surface area contributed by atoms with Crippen LogP contribution in [0.1, 0.15) is 52.7 Å². The number of aryl methyl sites for hydroxylation is 2. The van der Waals surface area contributed by atoms with E-state index in [0.717, 1.165) is 72.1 Å². The molecule has 2 aliphatic carbocycles. The molecule has 0 bridgehead atoms. The van der Waals surface area contributed by atoms with Gasteiger partial charge in [0.1, 0.15) is 5.01 Å². The lowest BCUT2D eigenvalue weighted by Gasteiger charge is -2.16. The van der Waals surface area contributed by atoms with Crippen molar-refractivity contribution in [3.8, 4) is 0 Å². The first-order valence-electron chi connectivity index (χ1n) is 10.5. The second-order valence-corrected chi connectivity index (χ2v) is 12.8. The van der Waals surface area contributed by atoms with E-state index in [1.807, 2.05) is 4.72 Å². The maximum Gasteiger partial charge on any atom is 0.333 e. The molecule has 0 fully saturated rings. The minimum atomic E-state index is -4.05. The van der Waals surface area contributed by atoms with E-state index in [1.54, 1.807) is 12.3 Å². The van der Waals surface area contributed by atoms with Crippen LogP contribution in [0.3, 0.4) is 0 Å². The molecule has 2 amide bonds. The average molecular weight is 496 g/mol. The molecule has 2 aromatic rings. The third-order valence-corrected chi connectivity index (χ3v) is 9.15. The zero-order chi connectivity index (χ0) is 22.9. The third-order valence-electron chi connectivity index (χ3n) is 5.71. The molecule has 0 saturated heterocycles. The van der Waals surface area contributed by atoms with Crippen LogP contribution in [0.15, 0.2) is 16.9 Å². The highest BCUT2D eigenvalue weighted by molar-refractivity contribution is 7.93. The fourth-order valence-corrected chi connectivity index (χ4v) is 6.60. The Morgan fingerprint density at radius 1 is 1.09 bits per heavy atom. The molecule has 2 aliphatic rings. The van der Waals surface area contributed by atoms with Gasteiger partial charge >= 0.3 is 6.03 Å². The van der Waals surface area contributed by atoms with Gasteiger partial charge in [-0.25, -0.2) is 31.3 Å². The lowest BCUT2D eigenvalue weighted by Crippen LogP contribution is -2.33. The van der Waals surface area contributed by atoms with Gasteiger partial charge < -0.3 is 5.32 Å². The minimum Gasteiger partial charge on any atom is -0.307 e. The summed E-state index contributed by atoms with van der Waals surface area (Å²) < 4.78 is 50.2. The highest BCUT2D eigenvalue weighted by atomic mass is 32.2. The molecule has 0 spiro atoms. The van der Waals surface area contributed by atoms with Crippen molar-refractivity contribution in [1.82, 2.24) is 9.71 Å². The number of aromatic nitrogens is 1. The Morgan fingerprint density at radius 3 is 2.38 bits per heavy atom. The highest BCUT2D eigenvalue weighted by Gasteiger charge is 2.25. The van der Waals surface area contributed by atoms with Gasteiger partial charge in [-0.2, -0.15) is 0 Å². The van der Waals surface area contributed by atoms with Crippen molar-refractivity contribution in [2.75, 3.05) is 11.1 Å². The van der Waals surface area contributed by atoms with Gasteiger partial charge in [-0.05, 0) is 66.9 Å². The zero-order valence-corrected chi connectivity index (χ0v) is 20.1. The number of thiazole rings is 1. The summed E-state index contributed by atoms with van der Waals surface area (Å²) in [6.07, 6.45) is 7.04. The summed E-state index contributed by atoms with van der Waals surface area (Å²) in [7, 11) is -7.27. The van der Waals surface area contributed by atoms with Gasteiger partial charge in [0.05, 0.1) is 16.9 Å². The molecular formula is C21H25N3O5S3. The van der Waals surface area contributed by atoms with E-state index in [-0.39, 0.29) is 11.5 Å². The summed E-state index contributed by atoms with van der Waals surface area (Å²) in [6, 6.07) is 1.44. The molecule has 172 valence electrons. The summed E-state index contributed by atoms with van der Waals surface area (Å²) in [5, 5.41) is 5.58. The van der Waals surface area contributed by atoms with Crippen LogP contribution in [-0.4, -0.2) is 33.6 Å². The van der Waals surface area contributed by atoms with Crippen LogP contribution in [0.2, 0.25) is 0 Å². The van der Waals surface area contributed by atoms with Crippen LogP contribution in [0.5, 0.6) is 0 Å². The number of nitrogens with one attached hydrogen (secondary N) is 2. The van der Waals surface area contributed by atoms with Crippen LogP contribution < -0.4 is 10.0 Å². The SMILES string of the molecule is CCS(=O)(=O)Cc1csc(/C=C/S(=O)(=O)NC(=O)Nc2c3c(cc4c2CCC4)CCC3)n1. The molecule has 1 heterocycles. The second kappa shape index (κ2) is 8.95. The average Bonchev–Trinajstić information content (AvgIpc) is 3.46. The van der Waals surface area contributed by atoms with Crippen LogP contribution in [0.4, 0.5) is 10.5 Å². The van der Waals surface area contributed by atoms with Crippen molar-refractivity contribution < 1.29 is 21.6 Å². The van der Waals surface area contributed by atoms with Gasteiger partial charge in [-0.1, -0.05) is 13.0 Å². The normalized spacial score (nSPS) is 15.7. The van der Waals surface area contributed by atoms with E-state index >= 15 is 0 Å². The molecule has 1 aromatic carbocycles. The van der Waals surface area contributed by atoms with E-state index in [0.29, 0.717) is 10.7 Å². The Kier molecular flexibility index (Phi) is 6.42. The Balaban J connectivity index is 1.44. The van der Waals surface area contributed by atoms with Crippen molar-refractivity contribution in [1.29, 1.82) is 0 Å². The molecule has 4 rings (SSSR count). The molecular weight excluding hydrogens is 470 g/mol. The van der Waals surface area contributed by atoms with E-state index in [1.165, 1.54) is 17.2 Å². The summed E-state index contributed by atoms with van der Waals surface area (Å²) >= 11 is 1.13. The lowest BCUT2D eigenvalue weighted by atomic mass is 9.99. The third kappa shape index (κ3) is 5.21. The van der Waals surface area contributed by atoms with Gasteiger partial charge in [0.15, 0.2) is 9.84 Å². The summed E-state index contributed by atoms with van der Waals surface area (Å²) in [6.45, 7) is 1.56. The fourth-order valence-electron chi connectivity index (χ4n) is 4.21. The number of rotatable bonds is 7. The molecule has 0 aliphatic heterocycles. The number of fused-ring (bicyclic) bond motifs is 2. The Labute approximate surface area is 192 Å². The molecule has 1 aromatic heterocycles. The van der Waals surface area contributed by atoms with Crippen molar-refractivity contribution in [2.45, 2.75) is 51.2 Å². The Hall–Kier alpha value is -2.24. The van der Waals surface area contributed by atoms with Crippen molar-refractivity contribution in [3.63, 3.8) is 0 Å². The number of nitrogens with zero attached hydrogens (tertiary/aromatic N) is 1. The Bertz CT molecular complexity index is 1260. The molecule has 0 radical (unpaired) electrons. The largest absolute Gasteiger partial charge is 0.333 e. The number of sulfone groups is 1. The maximum atomic E-state index is 12.5. The first-order valence-corrected chi connectivity index (χ1v) is 14.7. The number of benzene rings is 1. The molecule has 11 heteroatoms. The molecule has 8 nitrogen and oxygen atoms in total. The number of anilines is 1. The first-order chi connectivity index (χ1) is 15.2. The number of urea groups is 1. The molecule has 0 unspecified atom stereocenters. The topological polar surface area (TPSA) is 122 Å². The molecule has 32 heavy (non-hydrogen) atoms. The zero-order valence-electron chi connectivity index (χ0n) is 17.7. The quantitative estimate of drug-likeness (QED) is 0.608. The summed E-state index contributed by atoms with van der Waals surface area (Å²) in [5.74, 6) is -0.177. The van der Waals surface area contributed by atoms with Crippen LogP contribution >= 0.6 is 11.3 Å². The summed E-state index contributed by atoms with van der Waals surface area (Å²) in [5.41, 5.74) is 5.86.